The summed E-state index contributed by atoms with van der Waals surface area (Å²) in [5, 5.41) is 2.73. The number of carbonyl (C=O) groups is 2. The van der Waals surface area contributed by atoms with Gasteiger partial charge in [0.15, 0.2) is 0 Å². The van der Waals surface area contributed by atoms with Crippen molar-refractivity contribution in [3.8, 4) is 0 Å². The fourth-order valence-corrected chi connectivity index (χ4v) is 4.53. The van der Waals surface area contributed by atoms with E-state index in [0.717, 1.165) is 14.3 Å². The largest absolute Gasteiger partial charge is 0.450 e. The van der Waals surface area contributed by atoms with Gasteiger partial charge in [-0.1, -0.05) is 15.9 Å². The van der Waals surface area contributed by atoms with Gasteiger partial charge in [0.1, 0.15) is 0 Å². The number of nitrogens with zero attached hydrogens (tertiary/aromatic N) is 3. The van der Waals surface area contributed by atoms with Crippen molar-refractivity contribution < 1.29 is 22.7 Å². The first-order chi connectivity index (χ1) is 13.1. The highest BCUT2D eigenvalue weighted by atomic mass is 79.9. The Kier molecular flexibility index (Phi) is 7.81. The van der Waals surface area contributed by atoms with Crippen LogP contribution >= 0.6 is 15.9 Å². The minimum Gasteiger partial charge on any atom is -0.450 e. The quantitative estimate of drug-likeness (QED) is 0.672. The zero-order chi connectivity index (χ0) is 20.9. The highest BCUT2D eigenvalue weighted by Crippen LogP contribution is 2.20. The number of nitrogens with one attached hydrogen (secondary N) is 1. The molecular formula is C17H25BrN4O5S. The molecule has 1 aromatic rings. The average Bonchev–Trinajstić information content (AvgIpc) is 2.64. The molecule has 1 aliphatic heterocycles. The molecule has 1 aromatic carbocycles. The van der Waals surface area contributed by atoms with Gasteiger partial charge >= 0.3 is 6.09 Å². The minimum absolute atomic E-state index is 0.152. The lowest BCUT2D eigenvalue weighted by molar-refractivity contribution is -0.116. The Morgan fingerprint density at radius 3 is 2.46 bits per heavy atom. The molecule has 1 fully saturated rings. The number of anilines is 1. The maximum Gasteiger partial charge on any atom is 0.409 e. The molecular weight excluding hydrogens is 452 g/mol. The van der Waals surface area contributed by atoms with Gasteiger partial charge in [0.2, 0.25) is 5.91 Å². The van der Waals surface area contributed by atoms with Gasteiger partial charge in [-0.05, 0) is 37.6 Å². The van der Waals surface area contributed by atoms with E-state index in [-0.39, 0.29) is 39.3 Å². The third-order valence-corrected chi connectivity index (χ3v) is 6.74. The molecule has 1 heterocycles. The third kappa shape index (κ3) is 5.66. The zero-order valence-electron chi connectivity index (χ0n) is 16.1. The summed E-state index contributed by atoms with van der Waals surface area (Å²) in [5.41, 5.74) is 1.49. The summed E-state index contributed by atoms with van der Waals surface area (Å²) in [4.78, 5) is 25.5. The van der Waals surface area contributed by atoms with E-state index in [1.807, 2.05) is 13.0 Å². The van der Waals surface area contributed by atoms with Crippen molar-refractivity contribution in [3.63, 3.8) is 0 Å². The second-order valence-electron chi connectivity index (χ2n) is 6.36. The Bertz CT molecular complexity index is 825. The minimum atomic E-state index is -3.81. The van der Waals surface area contributed by atoms with E-state index in [9.17, 15) is 18.0 Å². The van der Waals surface area contributed by atoms with Crippen LogP contribution in [-0.4, -0.2) is 80.3 Å². The monoisotopic (exact) mass is 476 g/mol. The molecule has 156 valence electrons. The normalized spacial score (nSPS) is 15.5. The van der Waals surface area contributed by atoms with E-state index in [2.05, 4.69) is 21.2 Å². The standard InChI is InChI=1S/C17H25BrN4O5S/c1-4-27-17(24)21-7-9-22(10-8-21)28(25,26)20(3)12-16(23)19-15-6-5-14(18)11-13(15)2/h5-6,11H,4,7-10,12H2,1-3H3,(H,19,23). The fourth-order valence-electron chi connectivity index (χ4n) is 2.75. The van der Waals surface area contributed by atoms with Crippen LogP contribution < -0.4 is 5.32 Å². The third-order valence-electron chi connectivity index (χ3n) is 4.31. The molecule has 28 heavy (non-hydrogen) atoms. The fraction of sp³-hybridized carbons (Fsp3) is 0.529. The predicted molar refractivity (Wildman–Crippen MR) is 109 cm³/mol. The first-order valence-electron chi connectivity index (χ1n) is 8.84. The van der Waals surface area contributed by atoms with E-state index in [1.165, 1.54) is 16.3 Å². The number of carbonyl (C=O) groups excluding carboxylic acids is 2. The lowest BCUT2D eigenvalue weighted by Crippen LogP contribution is -2.54. The van der Waals surface area contributed by atoms with Gasteiger partial charge in [-0.2, -0.15) is 17.0 Å². The van der Waals surface area contributed by atoms with Crippen molar-refractivity contribution in [2.75, 3.05) is 51.7 Å². The molecule has 0 aromatic heterocycles. The van der Waals surface area contributed by atoms with Crippen molar-refractivity contribution >= 4 is 43.8 Å². The maximum absolute atomic E-state index is 12.7. The Hall–Kier alpha value is -1.69. The van der Waals surface area contributed by atoms with Crippen molar-refractivity contribution in [2.24, 2.45) is 0 Å². The molecule has 9 nitrogen and oxygen atoms in total. The van der Waals surface area contributed by atoms with Gasteiger partial charge in [0.05, 0.1) is 13.2 Å². The smallest absolute Gasteiger partial charge is 0.409 e. The summed E-state index contributed by atoms with van der Waals surface area (Å²) >= 11 is 3.36. The van der Waals surface area contributed by atoms with Gasteiger partial charge in [-0.25, -0.2) is 4.79 Å². The molecule has 2 amide bonds. The highest BCUT2D eigenvalue weighted by Gasteiger charge is 2.32. The van der Waals surface area contributed by atoms with Crippen LogP contribution in [0.2, 0.25) is 0 Å². The number of hydrogen-bond acceptors (Lipinski definition) is 5. The van der Waals surface area contributed by atoms with Crippen LogP contribution in [0.5, 0.6) is 0 Å². The molecule has 1 aliphatic rings. The van der Waals surface area contributed by atoms with E-state index >= 15 is 0 Å². The predicted octanol–water partition coefficient (Wildman–Crippen LogP) is 1.65. The van der Waals surface area contributed by atoms with Crippen LogP contribution in [0.1, 0.15) is 12.5 Å². The Labute approximate surface area is 173 Å². The van der Waals surface area contributed by atoms with Crippen LogP contribution in [-0.2, 0) is 19.7 Å². The van der Waals surface area contributed by atoms with Crippen LogP contribution in [0.15, 0.2) is 22.7 Å². The topological polar surface area (TPSA) is 99.3 Å². The summed E-state index contributed by atoms with van der Waals surface area (Å²) < 4.78 is 33.5. The molecule has 0 saturated carbocycles. The SMILES string of the molecule is CCOC(=O)N1CCN(S(=O)(=O)N(C)CC(=O)Nc2ccc(Br)cc2C)CC1. The van der Waals surface area contributed by atoms with Crippen molar-refractivity contribution in [3.05, 3.63) is 28.2 Å². The van der Waals surface area contributed by atoms with E-state index < -0.39 is 22.2 Å². The van der Waals surface area contributed by atoms with Gasteiger partial charge < -0.3 is 15.0 Å². The lowest BCUT2D eigenvalue weighted by Gasteiger charge is -2.35. The Morgan fingerprint density at radius 1 is 1.25 bits per heavy atom. The number of halogens is 1. The average molecular weight is 477 g/mol. The summed E-state index contributed by atoms with van der Waals surface area (Å²) in [7, 11) is -2.45. The molecule has 0 atom stereocenters. The summed E-state index contributed by atoms with van der Waals surface area (Å²) in [6, 6.07) is 5.41. The van der Waals surface area contributed by atoms with Gasteiger partial charge in [0.25, 0.3) is 10.2 Å². The molecule has 0 aliphatic carbocycles. The number of amides is 2. The number of ether oxygens (including phenoxy) is 1. The molecule has 0 unspecified atom stereocenters. The molecule has 0 spiro atoms. The molecule has 2 rings (SSSR count). The van der Waals surface area contributed by atoms with Gasteiger partial charge in [-0.3, -0.25) is 4.79 Å². The van der Waals surface area contributed by atoms with Crippen LogP contribution in [0.4, 0.5) is 10.5 Å². The van der Waals surface area contributed by atoms with Crippen molar-refractivity contribution in [2.45, 2.75) is 13.8 Å². The van der Waals surface area contributed by atoms with E-state index in [0.29, 0.717) is 5.69 Å². The first kappa shape index (κ1) is 22.6. The lowest BCUT2D eigenvalue weighted by atomic mass is 10.2. The Balaban J connectivity index is 1.92. The molecule has 1 N–H and O–H groups in total. The van der Waals surface area contributed by atoms with Crippen LogP contribution in [0.25, 0.3) is 0 Å². The summed E-state index contributed by atoms with van der Waals surface area (Å²) in [6.45, 7) is 4.32. The van der Waals surface area contributed by atoms with Crippen LogP contribution in [0, 0.1) is 6.92 Å². The molecule has 11 heteroatoms. The zero-order valence-corrected chi connectivity index (χ0v) is 18.5. The van der Waals surface area contributed by atoms with Crippen molar-refractivity contribution in [1.82, 2.24) is 13.5 Å². The van der Waals surface area contributed by atoms with E-state index in [1.54, 1.807) is 19.1 Å². The van der Waals surface area contributed by atoms with Gasteiger partial charge in [-0.15, -0.1) is 0 Å². The second kappa shape index (κ2) is 9.68. The molecule has 0 radical (unpaired) electrons. The number of aryl methyl sites for hydroxylation is 1. The van der Waals surface area contributed by atoms with E-state index in [4.69, 9.17) is 4.74 Å². The summed E-state index contributed by atoms with van der Waals surface area (Å²) in [5.74, 6) is -0.429. The number of likely N-dealkylation sites (N-methyl/N-ethyl adjacent to an activating group) is 1. The number of piperazine rings is 1. The maximum atomic E-state index is 12.7. The highest BCUT2D eigenvalue weighted by molar-refractivity contribution is 9.10. The van der Waals surface area contributed by atoms with Crippen LogP contribution in [0.3, 0.4) is 0 Å². The number of benzene rings is 1. The van der Waals surface area contributed by atoms with Gasteiger partial charge in [0, 0.05) is 43.4 Å². The Morgan fingerprint density at radius 2 is 1.89 bits per heavy atom. The van der Waals surface area contributed by atoms with Crippen molar-refractivity contribution in [1.29, 1.82) is 0 Å². The first-order valence-corrected chi connectivity index (χ1v) is 11.0. The molecule has 0 bridgehead atoms. The molecule has 1 saturated heterocycles. The number of rotatable bonds is 6. The summed E-state index contributed by atoms with van der Waals surface area (Å²) in [6.07, 6.45) is -0.447. The second-order valence-corrected chi connectivity index (χ2v) is 9.31. The number of hydrogen-bond donors (Lipinski definition) is 1.